The maximum absolute atomic E-state index is 10.4. The summed E-state index contributed by atoms with van der Waals surface area (Å²) in [7, 11) is -4.89. The van der Waals surface area contributed by atoms with Gasteiger partial charge in [0.25, 0.3) is 0 Å². The lowest BCUT2D eigenvalue weighted by Gasteiger charge is -2.00. The van der Waals surface area contributed by atoms with Gasteiger partial charge in [0.05, 0.1) is 0 Å². The van der Waals surface area contributed by atoms with Crippen molar-refractivity contribution in [3.63, 3.8) is 0 Å². The van der Waals surface area contributed by atoms with Crippen LogP contribution in [0.1, 0.15) is 0 Å². The average Bonchev–Trinajstić information content (AvgIpc) is 1.95. The lowest BCUT2D eigenvalue weighted by molar-refractivity contribution is -0.216. The number of phosphoric acid groups is 1. The third kappa shape index (κ3) is 8.70. The van der Waals surface area contributed by atoms with Crippen LogP contribution in [0.25, 0.3) is 0 Å². The second-order valence-electron chi connectivity index (χ2n) is 1.64. The van der Waals surface area contributed by atoms with E-state index in [-0.39, 0.29) is 0 Å². The Morgan fingerprint density at radius 3 is 2.15 bits per heavy atom. The molecule has 0 heterocycles. The predicted molar refractivity (Wildman–Crippen MR) is 36.0 cm³/mol. The molecule has 0 fully saturated rings. The second-order valence-corrected chi connectivity index (χ2v) is 2.77. The van der Waals surface area contributed by atoms with E-state index >= 15 is 0 Å². The number of carboxylic acid groups (broad SMARTS) is 1. The van der Waals surface area contributed by atoms with Crippen LogP contribution in [-0.4, -0.2) is 26.8 Å². The monoisotopic (exact) mass is 212 g/mol. The summed E-state index contributed by atoms with van der Waals surface area (Å²) in [5.41, 5.74) is 0. The van der Waals surface area contributed by atoms with E-state index in [1.165, 1.54) is 0 Å². The van der Waals surface area contributed by atoms with Crippen LogP contribution < -0.4 is 0 Å². The maximum Gasteiger partial charge on any atom is 0.505 e. The average molecular weight is 212 g/mol. The smallest absolute Gasteiger partial charge is 0.478 e. The molecule has 9 heteroatoms. The van der Waals surface area contributed by atoms with Gasteiger partial charge >= 0.3 is 19.8 Å². The Bertz CT molecular complexity index is 274. The third-order valence-electron chi connectivity index (χ3n) is 0.578. The molecule has 0 aromatic rings. The zero-order valence-corrected chi connectivity index (χ0v) is 6.88. The molecule has 0 aliphatic heterocycles. The Labute approximate surface area is 71.6 Å². The van der Waals surface area contributed by atoms with Gasteiger partial charge in [0.15, 0.2) is 0 Å². The standard InChI is InChI=1S/C4H5O8P/c5-3(6)1-2-4(7)11-12-13(8,9)10/h1-2H,(H,5,6)(H2,8,9,10)/b2-1-. The molecule has 0 amide bonds. The van der Waals surface area contributed by atoms with Gasteiger partial charge < -0.3 is 14.9 Å². The molecule has 0 spiro atoms. The number of carbonyl (C=O) groups is 2. The zero-order valence-electron chi connectivity index (χ0n) is 5.98. The zero-order chi connectivity index (χ0) is 10.5. The van der Waals surface area contributed by atoms with E-state index in [0.717, 1.165) is 0 Å². The molecule has 0 bridgehead atoms. The summed E-state index contributed by atoms with van der Waals surface area (Å²) in [6, 6.07) is 0. The first-order valence-corrected chi connectivity index (χ1v) is 4.21. The van der Waals surface area contributed by atoms with Gasteiger partial charge in [-0.1, -0.05) is 4.67 Å². The fraction of sp³-hybridized carbons (Fsp3) is 0. The minimum atomic E-state index is -4.89. The van der Waals surface area contributed by atoms with Gasteiger partial charge in [0.1, 0.15) is 0 Å². The molecule has 0 unspecified atom stereocenters. The third-order valence-corrected chi connectivity index (χ3v) is 0.847. The van der Waals surface area contributed by atoms with Crippen LogP contribution in [0.15, 0.2) is 12.2 Å². The molecule has 0 aliphatic carbocycles. The van der Waals surface area contributed by atoms with Crippen molar-refractivity contribution < 1.29 is 38.6 Å². The highest BCUT2D eigenvalue weighted by atomic mass is 31.2. The molecule has 8 nitrogen and oxygen atoms in total. The van der Waals surface area contributed by atoms with Gasteiger partial charge in [0.2, 0.25) is 0 Å². The van der Waals surface area contributed by atoms with Gasteiger partial charge in [-0.2, -0.15) is 0 Å². The predicted octanol–water partition coefficient (Wildman–Crippen LogP) is -0.805. The minimum absolute atomic E-state index is 0.422. The van der Waals surface area contributed by atoms with Crippen molar-refractivity contribution in [3.05, 3.63) is 12.2 Å². The number of hydrogen-bond acceptors (Lipinski definition) is 5. The number of carbonyl (C=O) groups excluding carboxylic acids is 1. The molecule has 0 aliphatic rings. The Morgan fingerprint density at radius 1 is 1.23 bits per heavy atom. The number of carboxylic acids is 1. The first-order valence-electron chi connectivity index (χ1n) is 2.68. The lowest BCUT2D eigenvalue weighted by Crippen LogP contribution is -2.01. The molecule has 0 rings (SSSR count). The van der Waals surface area contributed by atoms with Gasteiger partial charge in [-0.3, -0.25) is 4.89 Å². The number of hydrogen-bond donors (Lipinski definition) is 3. The van der Waals surface area contributed by atoms with Gasteiger partial charge in [-0.15, -0.1) is 0 Å². The van der Waals surface area contributed by atoms with E-state index < -0.39 is 19.8 Å². The first kappa shape index (κ1) is 11.8. The van der Waals surface area contributed by atoms with E-state index in [1.54, 1.807) is 0 Å². The van der Waals surface area contributed by atoms with Crippen molar-refractivity contribution in [1.29, 1.82) is 0 Å². The van der Waals surface area contributed by atoms with Crippen LogP contribution in [0.5, 0.6) is 0 Å². The quantitative estimate of drug-likeness (QED) is 0.239. The van der Waals surface area contributed by atoms with Crippen molar-refractivity contribution in [2.45, 2.75) is 0 Å². The molecular weight excluding hydrogens is 207 g/mol. The summed E-state index contributed by atoms with van der Waals surface area (Å²) < 4.78 is 13.2. The summed E-state index contributed by atoms with van der Waals surface area (Å²) in [4.78, 5) is 39.7. The molecule has 0 atom stereocenters. The molecule has 13 heavy (non-hydrogen) atoms. The molecule has 0 saturated carbocycles. The Balaban J connectivity index is 3.90. The highest BCUT2D eigenvalue weighted by molar-refractivity contribution is 7.46. The SMILES string of the molecule is O=C(O)/C=C\C(=O)OOP(=O)(O)O. The van der Waals surface area contributed by atoms with E-state index in [1.807, 2.05) is 0 Å². The van der Waals surface area contributed by atoms with Crippen LogP contribution in [0.2, 0.25) is 0 Å². The van der Waals surface area contributed by atoms with Crippen LogP contribution in [-0.2, 0) is 23.7 Å². The van der Waals surface area contributed by atoms with E-state index in [0.29, 0.717) is 12.2 Å². The van der Waals surface area contributed by atoms with Gasteiger partial charge in [-0.25, -0.2) is 14.2 Å². The summed E-state index contributed by atoms with van der Waals surface area (Å²) in [6.07, 6.45) is 0.851. The minimum Gasteiger partial charge on any atom is -0.478 e. The molecule has 0 saturated heterocycles. The van der Waals surface area contributed by atoms with Crippen molar-refractivity contribution in [1.82, 2.24) is 0 Å². The van der Waals surface area contributed by atoms with E-state index in [9.17, 15) is 14.2 Å². The Morgan fingerprint density at radius 2 is 1.77 bits per heavy atom. The number of rotatable bonds is 4. The molecular formula is C4H5O8P. The van der Waals surface area contributed by atoms with Crippen LogP contribution >= 0.6 is 7.82 Å². The highest BCUT2D eigenvalue weighted by Gasteiger charge is 2.17. The van der Waals surface area contributed by atoms with Crippen molar-refractivity contribution in [3.8, 4) is 0 Å². The lowest BCUT2D eigenvalue weighted by atomic mass is 10.5. The second kappa shape index (κ2) is 4.73. The summed E-state index contributed by atoms with van der Waals surface area (Å²) >= 11 is 0. The van der Waals surface area contributed by atoms with Gasteiger partial charge in [0, 0.05) is 12.2 Å². The fourth-order valence-electron chi connectivity index (χ4n) is 0.252. The Hall–Kier alpha value is -1.21. The molecule has 0 aromatic heterocycles. The largest absolute Gasteiger partial charge is 0.505 e. The molecule has 74 valence electrons. The van der Waals surface area contributed by atoms with Crippen LogP contribution in [0.3, 0.4) is 0 Å². The van der Waals surface area contributed by atoms with Crippen molar-refractivity contribution in [2.75, 3.05) is 0 Å². The fourth-order valence-corrected chi connectivity index (χ4v) is 0.423. The topological polar surface area (TPSA) is 130 Å². The first-order chi connectivity index (χ1) is 5.81. The number of aliphatic carboxylic acids is 1. The molecule has 3 N–H and O–H groups in total. The molecule has 0 aromatic carbocycles. The molecule has 0 radical (unpaired) electrons. The summed E-state index contributed by atoms with van der Waals surface area (Å²) in [5.74, 6) is -2.75. The Kier molecular flexibility index (Phi) is 4.29. The highest BCUT2D eigenvalue weighted by Crippen LogP contribution is 2.35. The summed E-state index contributed by atoms with van der Waals surface area (Å²) in [5, 5.41) is 8.00. The van der Waals surface area contributed by atoms with Crippen LogP contribution in [0, 0.1) is 0 Å². The summed E-state index contributed by atoms with van der Waals surface area (Å²) in [6.45, 7) is 0. The van der Waals surface area contributed by atoms with Crippen LogP contribution in [0.4, 0.5) is 0 Å². The maximum atomic E-state index is 10.4. The van der Waals surface area contributed by atoms with Crippen molar-refractivity contribution >= 4 is 19.8 Å². The van der Waals surface area contributed by atoms with Gasteiger partial charge in [-0.05, 0) is 0 Å². The van der Waals surface area contributed by atoms with E-state index in [4.69, 9.17) is 14.9 Å². The van der Waals surface area contributed by atoms with E-state index in [2.05, 4.69) is 9.56 Å². The van der Waals surface area contributed by atoms with Crippen molar-refractivity contribution in [2.24, 2.45) is 0 Å². The normalized spacial score (nSPS) is 11.5.